The Hall–Kier alpha value is -3.93. The monoisotopic (exact) mass is 576 g/mol. The van der Waals surface area contributed by atoms with Crippen LogP contribution < -0.4 is 5.32 Å². The number of aromatic nitrogens is 2. The molecule has 0 saturated heterocycles. The molecule has 0 bridgehead atoms. The number of carbonyl (C=O) groups excluding carboxylic acids is 2. The fourth-order valence-electron chi connectivity index (χ4n) is 7.22. The Labute approximate surface area is 255 Å². The van der Waals surface area contributed by atoms with Crippen molar-refractivity contribution in [2.24, 2.45) is 0 Å². The van der Waals surface area contributed by atoms with Gasteiger partial charge in [-0.3, -0.25) is 9.59 Å². The van der Waals surface area contributed by atoms with E-state index >= 15 is 0 Å². The van der Waals surface area contributed by atoms with Crippen LogP contribution in [0, 0.1) is 0 Å². The smallest absolute Gasteiger partial charge is 0.243 e. The zero-order valence-corrected chi connectivity index (χ0v) is 25.4. The molecule has 3 aromatic carbocycles. The third-order valence-electron chi connectivity index (χ3n) is 9.39. The molecular weight excluding hydrogens is 532 g/mol. The van der Waals surface area contributed by atoms with Crippen LogP contribution in [-0.2, 0) is 22.6 Å². The lowest BCUT2D eigenvalue weighted by molar-refractivity contribution is -0.138. The summed E-state index contributed by atoms with van der Waals surface area (Å²) in [5.74, 6) is 0.866. The lowest BCUT2D eigenvalue weighted by Gasteiger charge is -2.42. The van der Waals surface area contributed by atoms with Gasteiger partial charge in [0.05, 0.1) is 23.5 Å². The van der Waals surface area contributed by atoms with E-state index in [0.29, 0.717) is 12.1 Å². The van der Waals surface area contributed by atoms with Crippen LogP contribution in [0.4, 0.5) is 0 Å². The second-order valence-electron chi connectivity index (χ2n) is 12.5. The van der Waals surface area contributed by atoms with Crippen molar-refractivity contribution in [3.05, 3.63) is 90.3 Å². The van der Waals surface area contributed by atoms with Gasteiger partial charge in [0.2, 0.25) is 11.8 Å². The van der Waals surface area contributed by atoms with Gasteiger partial charge in [-0.2, -0.15) is 0 Å². The molecule has 1 unspecified atom stereocenters. The van der Waals surface area contributed by atoms with Crippen molar-refractivity contribution in [2.75, 3.05) is 0 Å². The second kappa shape index (κ2) is 13.6. The van der Waals surface area contributed by atoms with Gasteiger partial charge < -0.3 is 14.8 Å². The van der Waals surface area contributed by atoms with Crippen LogP contribution in [0.15, 0.2) is 78.9 Å². The lowest BCUT2D eigenvalue weighted by atomic mass is 9.88. The minimum Gasteiger partial charge on any atom is -0.346 e. The van der Waals surface area contributed by atoms with Gasteiger partial charge in [0.1, 0.15) is 12.4 Å². The zero-order valence-electron chi connectivity index (χ0n) is 25.4. The summed E-state index contributed by atoms with van der Waals surface area (Å²) >= 11 is 0. The van der Waals surface area contributed by atoms with Crippen molar-refractivity contribution in [3.8, 4) is 11.1 Å². The maximum atomic E-state index is 14.2. The largest absolute Gasteiger partial charge is 0.346 e. The van der Waals surface area contributed by atoms with Crippen LogP contribution in [0.5, 0.6) is 0 Å². The van der Waals surface area contributed by atoms with E-state index in [4.69, 9.17) is 4.98 Å². The number of imidazole rings is 1. The van der Waals surface area contributed by atoms with Gasteiger partial charge in [-0.25, -0.2) is 4.98 Å². The van der Waals surface area contributed by atoms with Crippen LogP contribution in [0.1, 0.15) is 88.6 Å². The normalized spacial score (nSPS) is 17.0. The first kappa shape index (κ1) is 29.2. The molecular formula is C37H44N4O2. The average Bonchev–Trinajstić information content (AvgIpc) is 3.41. The van der Waals surface area contributed by atoms with Crippen molar-refractivity contribution in [1.29, 1.82) is 0 Å². The Balaban J connectivity index is 1.19. The molecule has 0 radical (unpaired) electrons. The van der Waals surface area contributed by atoms with Crippen LogP contribution in [0.2, 0.25) is 0 Å². The standard InChI is InChI=1S/C37H44N4O2/c1-27(38-35(42)25-28-21-23-30(24-22-28)29-13-5-2-6-14-29)37-39-33-19-11-12-20-34(33)40(37)26-36(43)41(31-15-7-3-8-16-31)32-17-9-4-10-18-32/h2,5-6,11-14,19-24,27,31-32H,3-4,7-10,15-18,25-26H2,1H3,(H,38,42). The van der Waals surface area contributed by atoms with Crippen molar-refractivity contribution >= 4 is 22.8 Å². The molecule has 1 heterocycles. The second-order valence-corrected chi connectivity index (χ2v) is 12.5. The van der Waals surface area contributed by atoms with Crippen LogP contribution in [0.25, 0.3) is 22.2 Å². The minimum absolute atomic E-state index is 0.0593. The average molecular weight is 577 g/mol. The highest BCUT2D eigenvalue weighted by Crippen LogP contribution is 2.31. The highest BCUT2D eigenvalue weighted by Gasteiger charge is 2.33. The Morgan fingerprint density at radius 1 is 0.791 bits per heavy atom. The molecule has 4 aromatic rings. The summed E-state index contributed by atoms with van der Waals surface area (Å²) in [6.07, 6.45) is 12.1. The maximum Gasteiger partial charge on any atom is 0.243 e. The molecule has 1 atom stereocenters. The van der Waals surface area contributed by atoms with Crippen molar-refractivity contribution in [2.45, 2.75) is 102 Å². The van der Waals surface area contributed by atoms with Crippen molar-refractivity contribution < 1.29 is 9.59 Å². The summed E-state index contributed by atoms with van der Waals surface area (Å²) in [6, 6.07) is 26.8. The highest BCUT2D eigenvalue weighted by molar-refractivity contribution is 5.82. The summed E-state index contributed by atoms with van der Waals surface area (Å²) in [4.78, 5) is 34.6. The summed E-state index contributed by atoms with van der Waals surface area (Å²) in [5, 5.41) is 3.17. The molecule has 224 valence electrons. The molecule has 6 nitrogen and oxygen atoms in total. The van der Waals surface area contributed by atoms with Gasteiger partial charge in [0.25, 0.3) is 0 Å². The van der Waals surface area contributed by atoms with Gasteiger partial charge in [-0.15, -0.1) is 0 Å². The molecule has 2 aliphatic carbocycles. The molecule has 2 fully saturated rings. The van der Waals surface area contributed by atoms with E-state index in [0.717, 1.165) is 59.2 Å². The van der Waals surface area contributed by atoms with E-state index in [1.165, 1.54) is 38.5 Å². The third-order valence-corrected chi connectivity index (χ3v) is 9.39. The molecule has 2 amide bonds. The highest BCUT2D eigenvalue weighted by atomic mass is 16.2. The number of amides is 2. The Bertz CT molecular complexity index is 1500. The first-order valence-corrected chi connectivity index (χ1v) is 16.3. The molecule has 2 saturated carbocycles. The lowest BCUT2D eigenvalue weighted by Crippen LogP contribution is -2.50. The topological polar surface area (TPSA) is 67.2 Å². The van der Waals surface area contributed by atoms with E-state index in [1.807, 2.05) is 61.5 Å². The van der Waals surface area contributed by atoms with Crippen molar-refractivity contribution in [3.63, 3.8) is 0 Å². The molecule has 6 rings (SSSR count). The molecule has 6 heteroatoms. The summed E-state index contributed by atoms with van der Waals surface area (Å²) in [5.41, 5.74) is 5.04. The Kier molecular flexibility index (Phi) is 9.21. The first-order valence-electron chi connectivity index (χ1n) is 16.3. The zero-order chi connectivity index (χ0) is 29.6. The number of nitrogens with one attached hydrogen (secondary N) is 1. The Morgan fingerprint density at radius 3 is 2.02 bits per heavy atom. The van der Waals surface area contributed by atoms with E-state index in [-0.39, 0.29) is 30.8 Å². The van der Waals surface area contributed by atoms with Crippen LogP contribution >= 0.6 is 0 Å². The Morgan fingerprint density at radius 2 is 1.37 bits per heavy atom. The number of hydrogen-bond acceptors (Lipinski definition) is 3. The van der Waals surface area contributed by atoms with E-state index in [2.05, 4.69) is 39.0 Å². The van der Waals surface area contributed by atoms with Gasteiger partial charge in [-0.05, 0) is 61.4 Å². The molecule has 0 spiro atoms. The number of hydrogen-bond donors (Lipinski definition) is 1. The number of nitrogens with zero attached hydrogens (tertiary/aromatic N) is 3. The summed E-state index contributed by atoms with van der Waals surface area (Å²) in [7, 11) is 0. The van der Waals surface area contributed by atoms with Crippen molar-refractivity contribution in [1.82, 2.24) is 19.8 Å². The molecule has 0 aliphatic heterocycles. The first-order chi connectivity index (χ1) is 21.1. The summed E-state index contributed by atoms with van der Waals surface area (Å²) in [6.45, 7) is 2.22. The number of fused-ring (bicyclic) bond motifs is 1. The third kappa shape index (κ3) is 6.84. The molecule has 2 aliphatic rings. The van der Waals surface area contributed by atoms with E-state index in [9.17, 15) is 9.59 Å². The number of carbonyl (C=O) groups is 2. The molecule has 1 aromatic heterocycles. The molecule has 43 heavy (non-hydrogen) atoms. The SMILES string of the molecule is CC(NC(=O)Cc1ccc(-c2ccccc2)cc1)c1nc2ccccc2n1CC(=O)N(C1CCCCC1)C1CCCCC1. The fourth-order valence-corrected chi connectivity index (χ4v) is 7.22. The van der Waals surface area contributed by atoms with Gasteiger partial charge in [-0.1, -0.05) is 105 Å². The maximum absolute atomic E-state index is 14.2. The van der Waals surface area contributed by atoms with Crippen LogP contribution in [0.3, 0.4) is 0 Å². The quantitative estimate of drug-likeness (QED) is 0.223. The number of benzene rings is 3. The van der Waals surface area contributed by atoms with Gasteiger partial charge >= 0.3 is 0 Å². The van der Waals surface area contributed by atoms with Gasteiger partial charge in [0.15, 0.2) is 0 Å². The predicted octanol–water partition coefficient (Wildman–Crippen LogP) is 7.62. The number of para-hydroxylation sites is 2. The van der Waals surface area contributed by atoms with Crippen LogP contribution in [-0.4, -0.2) is 38.3 Å². The van der Waals surface area contributed by atoms with E-state index in [1.54, 1.807) is 0 Å². The minimum atomic E-state index is -0.339. The summed E-state index contributed by atoms with van der Waals surface area (Å²) < 4.78 is 2.05. The fraction of sp³-hybridized carbons (Fsp3) is 0.432. The molecule has 1 N–H and O–H groups in total. The van der Waals surface area contributed by atoms with E-state index < -0.39 is 0 Å². The predicted molar refractivity (Wildman–Crippen MR) is 172 cm³/mol. The number of rotatable bonds is 9. The van der Waals surface area contributed by atoms with Gasteiger partial charge in [0, 0.05) is 12.1 Å².